The van der Waals surface area contributed by atoms with E-state index >= 15 is 0 Å². The van der Waals surface area contributed by atoms with Gasteiger partial charge in [-0.25, -0.2) is 9.09 Å². The van der Waals surface area contributed by atoms with Gasteiger partial charge >= 0.3 is 15.4 Å². The summed E-state index contributed by atoms with van der Waals surface area (Å²) < 4.78 is 47.5. The highest BCUT2D eigenvalue weighted by atomic mass is 31.2. The Kier molecular flexibility index (Phi) is 11.3. The number of phosphoric acid groups is 1. The molecule has 0 saturated heterocycles. The van der Waals surface area contributed by atoms with Crippen LogP contribution in [0.2, 0.25) is 0 Å². The van der Waals surface area contributed by atoms with E-state index in [1.807, 2.05) is 42.3 Å². The molecule has 1 atom stereocenters. The maximum atomic E-state index is 11.3. The van der Waals surface area contributed by atoms with Crippen LogP contribution in [0, 0.1) is 0 Å². The number of hydrogen-bond acceptors (Lipinski definition) is 7. The average Bonchev–Trinajstić information content (AvgIpc) is 2.42. The number of phosphoric ester groups is 1. The monoisotopic (exact) mass is 380 g/mol. The van der Waals surface area contributed by atoms with Gasteiger partial charge in [-0.1, -0.05) is 0 Å². The van der Waals surface area contributed by atoms with Gasteiger partial charge in [0.2, 0.25) is 0 Å². The van der Waals surface area contributed by atoms with Crippen molar-refractivity contribution in [1.82, 2.24) is 0 Å². The molecule has 0 bridgehead atoms. The summed E-state index contributed by atoms with van der Waals surface area (Å²) in [5.41, 5.74) is 0. The first-order valence-corrected chi connectivity index (χ1v) is 10.3. The fourth-order valence-corrected chi connectivity index (χ4v) is 2.26. The van der Waals surface area contributed by atoms with Crippen molar-refractivity contribution in [2.45, 2.75) is 0 Å². The van der Waals surface area contributed by atoms with Crippen molar-refractivity contribution in [2.75, 3.05) is 83.7 Å². The van der Waals surface area contributed by atoms with Gasteiger partial charge in [-0.3, -0.25) is 18.1 Å². The first kappa shape index (κ1) is 25.4. The van der Waals surface area contributed by atoms with Crippen LogP contribution in [0.25, 0.3) is 0 Å². The molecule has 0 aliphatic rings. The molecule has 9 nitrogen and oxygen atoms in total. The Labute approximate surface area is 140 Å². The smallest absolute Gasteiger partial charge is 0.312 e. The van der Waals surface area contributed by atoms with Crippen LogP contribution in [0.15, 0.2) is 0 Å². The Morgan fingerprint density at radius 3 is 1.30 bits per heavy atom. The van der Waals surface area contributed by atoms with Gasteiger partial charge in [-0.2, -0.15) is 0 Å². The van der Waals surface area contributed by atoms with E-state index in [0.717, 1.165) is 0 Å². The van der Waals surface area contributed by atoms with E-state index in [1.165, 1.54) is 28.0 Å². The number of nitrogens with zero attached hydrogens (tertiary/aromatic N) is 2. The lowest BCUT2D eigenvalue weighted by Gasteiger charge is -2.24. The molecule has 0 heterocycles. The largest absolute Gasteiger partial charge is 0.478 e. The van der Waals surface area contributed by atoms with Crippen molar-refractivity contribution >= 4 is 15.4 Å². The molecule has 0 N–H and O–H groups in total. The Bertz CT molecular complexity index is 411. The highest BCUT2D eigenvalue weighted by molar-refractivity contribution is 7.52. The van der Waals surface area contributed by atoms with Gasteiger partial charge in [-0.05, 0) is 0 Å². The summed E-state index contributed by atoms with van der Waals surface area (Å²) >= 11 is 0. The minimum atomic E-state index is -3.29. The third kappa shape index (κ3) is 16.8. The molecule has 0 aliphatic carbocycles. The average molecular weight is 380 g/mol. The minimum absolute atomic E-state index is 0.277. The lowest BCUT2D eigenvalue weighted by molar-refractivity contribution is -0.887. The molecule has 0 aromatic rings. The van der Waals surface area contributed by atoms with Crippen molar-refractivity contribution in [3.63, 3.8) is 0 Å². The molecule has 142 valence electrons. The zero-order chi connectivity index (χ0) is 18.9. The summed E-state index contributed by atoms with van der Waals surface area (Å²) in [5, 5.41) is 0. The molecular weight excluding hydrogens is 346 g/mol. The molecule has 0 amide bonds. The standard InChI is InChI=1S/C6H17NO4P.C6H17NO3P/c1-7(2,3)6-11-12(8,9-4)10-5;1-7(2,3)6-10-11(5,8)9-4/h6H2,1-5H3;6H2,1-5H3/q2*+1. The predicted molar refractivity (Wildman–Crippen MR) is 90.1 cm³/mol. The van der Waals surface area contributed by atoms with E-state index in [9.17, 15) is 9.13 Å². The Morgan fingerprint density at radius 2 is 1.04 bits per heavy atom. The Hall–Kier alpha value is 0.180. The Morgan fingerprint density at radius 1 is 0.696 bits per heavy atom. The normalized spacial score (nSPS) is 15.6. The molecular formula is C12H34N2O7P2+2. The summed E-state index contributed by atoms with van der Waals surface area (Å²) in [4.78, 5) is 0. The lowest BCUT2D eigenvalue weighted by Crippen LogP contribution is -2.36. The topological polar surface area (TPSA) is 80.3 Å². The van der Waals surface area contributed by atoms with Crippen molar-refractivity contribution in [3.8, 4) is 0 Å². The molecule has 23 heavy (non-hydrogen) atoms. The van der Waals surface area contributed by atoms with Gasteiger partial charge in [0.1, 0.15) is 0 Å². The number of quaternary nitrogens is 2. The van der Waals surface area contributed by atoms with Crippen molar-refractivity contribution in [2.24, 2.45) is 0 Å². The van der Waals surface area contributed by atoms with Crippen LogP contribution < -0.4 is 0 Å². The summed E-state index contributed by atoms with van der Waals surface area (Å²) in [5.74, 6) is 0. The van der Waals surface area contributed by atoms with Crippen LogP contribution in [0.4, 0.5) is 0 Å². The molecule has 0 aromatic carbocycles. The first-order valence-electron chi connectivity index (χ1n) is 6.84. The van der Waals surface area contributed by atoms with E-state index in [1.54, 1.807) is 0 Å². The van der Waals surface area contributed by atoms with E-state index in [4.69, 9.17) is 9.05 Å². The molecule has 0 spiro atoms. The SMILES string of the molecule is COP(=O)(OC)OC[N+](C)(C)C.COP(C)(=O)OC[N+](C)(C)C. The first-order chi connectivity index (χ1) is 10.1. The third-order valence-corrected chi connectivity index (χ3v) is 4.64. The lowest BCUT2D eigenvalue weighted by atomic mass is 10.7. The molecule has 0 radical (unpaired) electrons. The summed E-state index contributed by atoms with van der Waals surface area (Å²) in [7, 11) is 9.49. The summed E-state index contributed by atoms with van der Waals surface area (Å²) in [6.07, 6.45) is 0. The second kappa shape index (κ2) is 10.2. The van der Waals surface area contributed by atoms with E-state index in [-0.39, 0.29) is 6.73 Å². The van der Waals surface area contributed by atoms with E-state index in [0.29, 0.717) is 15.7 Å². The van der Waals surface area contributed by atoms with Gasteiger partial charge in [-0.15, -0.1) is 0 Å². The fourth-order valence-electron chi connectivity index (χ4n) is 0.755. The van der Waals surface area contributed by atoms with Crippen LogP contribution >= 0.6 is 15.4 Å². The van der Waals surface area contributed by atoms with Crippen molar-refractivity contribution in [1.29, 1.82) is 0 Å². The van der Waals surface area contributed by atoms with Gasteiger partial charge in [0.25, 0.3) is 0 Å². The third-order valence-electron chi connectivity index (χ3n) is 2.06. The summed E-state index contributed by atoms with van der Waals surface area (Å²) in [6, 6.07) is 0. The van der Waals surface area contributed by atoms with Crippen molar-refractivity contribution < 1.29 is 40.7 Å². The fraction of sp³-hybridized carbons (Fsp3) is 1.00. The molecule has 0 aliphatic heterocycles. The molecule has 0 saturated carbocycles. The zero-order valence-corrected chi connectivity index (χ0v) is 17.8. The molecule has 0 fully saturated rings. The highest BCUT2D eigenvalue weighted by Crippen LogP contribution is 2.47. The highest BCUT2D eigenvalue weighted by Gasteiger charge is 2.25. The molecule has 0 rings (SSSR count). The van der Waals surface area contributed by atoms with Gasteiger partial charge in [0.15, 0.2) is 13.5 Å². The predicted octanol–water partition coefficient (Wildman–Crippen LogP) is 2.20. The second-order valence-corrected chi connectivity index (χ2v) is 10.9. The maximum Gasteiger partial charge on any atom is 0.478 e. The van der Waals surface area contributed by atoms with Gasteiger partial charge < -0.3 is 13.5 Å². The quantitative estimate of drug-likeness (QED) is 0.345. The zero-order valence-electron chi connectivity index (χ0n) is 16.1. The minimum Gasteiger partial charge on any atom is -0.312 e. The van der Waals surface area contributed by atoms with Crippen LogP contribution in [-0.2, 0) is 31.7 Å². The van der Waals surface area contributed by atoms with E-state index in [2.05, 4.69) is 13.6 Å². The van der Waals surface area contributed by atoms with E-state index < -0.39 is 15.4 Å². The molecule has 1 unspecified atom stereocenters. The van der Waals surface area contributed by atoms with Crippen LogP contribution in [-0.4, -0.2) is 92.7 Å². The number of hydrogen-bond donors (Lipinski definition) is 0. The molecule has 0 aromatic heterocycles. The second-order valence-electron chi connectivity index (χ2n) is 6.86. The van der Waals surface area contributed by atoms with Crippen LogP contribution in [0.1, 0.15) is 0 Å². The number of rotatable bonds is 9. The van der Waals surface area contributed by atoms with Crippen molar-refractivity contribution in [3.05, 3.63) is 0 Å². The van der Waals surface area contributed by atoms with Crippen LogP contribution in [0.5, 0.6) is 0 Å². The summed E-state index contributed by atoms with van der Waals surface area (Å²) in [6.45, 7) is 2.13. The Balaban J connectivity index is 0. The molecule has 11 heteroatoms. The van der Waals surface area contributed by atoms with Crippen LogP contribution in [0.3, 0.4) is 0 Å². The van der Waals surface area contributed by atoms with Gasteiger partial charge in [0, 0.05) is 28.0 Å². The van der Waals surface area contributed by atoms with Gasteiger partial charge in [0.05, 0.1) is 42.3 Å². The maximum absolute atomic E-state index is 11.3.